The lowest BCUT2D eigenvalue weighted by atomic mass is 9.77. The quantitative estimate of drug-likeness (QED) is 0.856. The fraction of sp³-hybridized carbons (Fsp3) is 0.500. The number of hydrogen-bond acceptors (Lipinski definition) is 3. The van der Waals surface area contributed by atoms with E-state index in [1.54, 1.807) is 18.2 Å². The molecule has 18 heavy (non-hydrogen) atoms. The summed E-state index contributed by atoms with van der Waals surface area (Å²) >= 11 is 5.95. The van der Waals surface area contributed by atoms with Gasteiger partial charge in [0.1, 0.15) is 5.75 Å². The van der Waals surface area contributed by atoms with Gasteiger partial charge in [0, 0.05) is 5.56 Å². The van der Waals surface area contributed by atoms with Gasteiger partial charge >= 0.3 is 0 Å². The van der Waals surface area contributed by atoms with Crippen molar-refractivity contribution in [1.29, 1.82) is 0 Å². The predicted octanol–water partition coefficient (Wildman–Crippen LogP) is 3.19. The third-order valence-electron chi connectivity index (χ3n) is 3.61. The Morgan fingerprint density at radius 3 is 2.61 bits per heavy atom. The highest BCUT2D eigenvalue weighted by Crippen LogP contribution is 2.31. The lowest BCUT2D eigenvalue weighted by molar-refractivity contribution is 0.0847. The lowest BCUT2D eigenvalue weighted by Gasteiger charge is -2.31. The second kappa shape index (κ2) is 5.29. The molecule has 0 amide bonds. The number of ketones is 1. The Bertz CT molecular complexity index is 453. The van der Waals surface area contributed by atoms with Gasteiger partial charge in [0.15, 0.2) is 5.78 Å². The maximum Gasteiger partial charge on any atom is 0.182 e. The molecule has 1 aliphatic rings. The minimum Gasteiger partial charge on any atom is -0.495 e. The second-order valence-electron chi connectivity index (χ2n) is 4.90. The molecule has 0 bridgehead atoms. The molecule has 4 heteroatoms. The standard InChI is InChI=1S/C14H18ClNO2/c1-18-12-9-10(5-6-11(12)15)13(17)14(16)7-3-2-4-8-14/h5-6,9H,2-4,7-8,16H2,1H3. The number of nitrogens with two attached hydrogens (primary N) is 1. The van der Waals surface area contributed by atoms with E-state index in [2.05, 4.69) is 0 Å². The Kier molecular flexibility index (Phi) is 3.93. The van der Waals surface area contributed by atoms with Crippen LogP contribution in [0.2, 0.25) is 5.02 Å². The van der Waals surface area contributed by atoms with Crippen molar-refractivity contribution in [2.24, 2.45) is 5.73 Å². The summed E-state index contributed by atoms with van der Waals surface area (Å²) in [5.41, 5.74) is 6.11. The van der Waals surface area contributed by atoms with Crippen molar-refractivity contribution in [3.63, 3.8) is 0 Å². The SMILES string of the molecule is COc1cc(C(=O)C2(N)CCCCC2)ccc1Cl. The van der Waals surface area contributed by atoms with E-state index >= 15 is 0 Å². The van der Waals surface area contributed by atoms with Crippen LogP contribution in [0.1, 0.15) is 42.5 Å². The first-order valence-corrected chi connectivity index (χ1v) is 6.62. The van der Waals surface area contributed by atoms with Gasteiger partial charge in [0.25, 0.3) is 0 Å². The maximum absolute atomic E-state index is 12.5. The van der Waals surface area contributed by atoms with Gasteiger partial charge < -0.3 is 10.5 Å². The van der Waals surface area contributed by atoms with Crippen molar-refractivity contribution in [3.8, 4) is 5.75 Å². The number of carbonyl (C=O) groups excluding carboxylic acids is 1. The molecular weight excluding hydrogens is 250 g/mol. The molecule has 2 N–H and O–H groups in total. The van der Waals surface area contributed by atoms with E-state index in [4.69, 9.17) is 22.1 Å². The molecule has 0 spiro atoms. The molecule has 0 saturated heterocycles. The number of Topliss-reactive ketones (excluding diaryl/α,β-unsaturated/α-hetero) is 1. The molecule has 3 nitrogen and oxygen atoms in total. The number of hydrogen-bond donors (Lipinski definition) is 1. The van der Waals surface area contributed by atoms with Crippen molar-refractivity contribution in [3.05, 3.63) is 28.8 Å². The van der Waals surface area contributed by atoms with E-state index in [1.807, 2.05) is 0 Å². The summed E-state index contributed by atoms with van der Waals surface area (Å²) in [4.78, 5) is 12.5. The van der Waals surface area contributed by atoms with Gasteiger partial charge in [-0.05, 0) is 31.0 Å². The molecule has 1 aromatic carbocycles. The number of carbonyl (C=O) groups is 1. The van der Waals surface area contributed by atoms with Crippen LogP contribution < -0.4 is 10.5 Å². The maximum atomic E-state index is 12.5. The van der Waals surface area contributed by atoms with Crippen LogP contribution in [0, 0.1) is 0 Å². The average Bonchev–Trinajstić information content (AvgIpc) is 2.39. The number of rotatable bonds is 3. The molecule has 0 heterocycles. The van der Waals surface area contributed by atoms with Crippen molar-refractivity contribution in [2.75, 3.05) is 7.11 Å². The molecule has 2 rings (SSSR count). The Morgan fingerprint density at radius 2 is 2.00 bits per heavy atom. The van der Waals surface area contributed by atoms with Gasteiger partial charge in [0.05, 0.1) is 17.7 Å². The van der Waals surface area contributed by atoms with Crippen molar-refractivity contribution >= 4 is 17.4 Å². The Labute approximate surface area is 112 Å². The van der Waals surface area contributed by atoms with Crippen molar-refractivity contribution in [1.82, 2.24) is 0 Å². The van der Waals surface area contributed by atoms with Crippen molar-refractivity contribution < 1.29 is 9.53 Å². The molecule has 0 aromatic heterocycles. The number of methoxy groups -OCH3 is 1. The highest BCUT2D eigenvalue weighted by atomic mass is 35.5. The molecule has 1 aromatic rings. The van der Waals surface area contributed by atoms with E-state index < -0.39 is 5.54 Å². The molecule has 1 fully saturated rings. The van der Waals surface area contributed by atoms with Crippen LogP contribution in [0.4, 0.5) is 0 Å². The summed E-state index contributed by atoms with van der Waals surface area (Å²) in [5, 5.41) is 0.503. The Morgan fingerprint density at radius 1 is 1.33 bits per heavy atom. The van der Waals surface area contributed by atoms with Gasteiger partial charge in [-0.3, -0.25) is 4.79 Å². The van der Waals surface area contributed by atoms with Gasteiger partial charge in [-0.25, -0.2) is 0 Å². The number of ether oxygens (including phenoxy) is 1. The van der Waals surface area contributed by atoms with Crippen LogP contribution in [0.15, 0.2) is 18.2 Å². The summed E-state index contributed by atoms with van der Waals surface area (Å²) in [6.45, 7) is 0. The molecule has 0 aliphatic heterocycles. The zero-order valence-corrected chi connectivity index (χ0v) is 11.3. The molecule has 98 valence electrons. The fourth-order valence-corrected chi connectivity index (χ4v) is 2.69. The summed E-state index contributed by atoms with van der Waals surface area (Å²) in [6.07, 6.45) is 4.73. The topological polar surface area (TPSA) is 52.3 Å². The van der Waals surface area contributed by atoms with E-state index in [9.17, 15) is 4.79 Å². The van der Waals surface area contributed by atoms with Crippen LogP contribution in [-0.4, -0.2) is 18.4 Å². The first-order valence-electron chi connectivity index (χ1n) is 6.24. The predicted molar refractivity (Wildman–Crippen MR) is 72.3 cm³/mol. The third-order valence-corrected chi connectivity index (χ3v) is 3.92. The fourth-order valence-electron chi connectivity index (χ4n) is 2.50. The van der Waals surface area contributed by atoms with E-state index in [0.29, 0.717) is 16.3 Å². The molecule has 0 atom stereocenters. The minimum atomic E-state index is -0.711. The first kappa shape index (κ1) is 13.4. The van der Waals surface area contributed by atoms with E-state index in [-0.39, 0.29) is 5.78 Å². The first-order chi connectivity index (χ1) is 8.57. The second-order valence-corrected chi connectivity index (χ2v) is 5.30. The Hall–Kier alpha value is -1.06. The number of benzene rings is 1. The monoisotopic (exact) mass is 267 g/mol. The van der Waals surface area contributed by atoms with E-state index in [0.717, 1.165) is 32.1 Å². The third kappa shape index (κ3) is 2.52. The number of halogens is 1. The minimum absolute atomic E-state index is 0.00262. The van der Waals surface area contributed by atoms with Crippen LogP contribution in [0.5, 0.6) is 5.75 Å². The van der Waals surface area contributed by atoms with Crippen LogP contribution in [0.3, 0.4) is 0 Å². The van der Waals surface area contributed by atoms with Gasteiger partial charge in [-0.2, -0.15) is 0 Å². The van der Waals surface area contributed by atoms with Gasteiger partial charge in [0.2, 0.25) is 0 Å². The van der Waals surface area contributed by atoms with E-state index in [1.165, 1.54) is 7.11 Å². The van der Waals surface area contributed by atoms with Gasteiger partial charge in [-0.15, -0.1) is 0 Å². The van der Waals surface area contributed by atoms with Crippen LogP contribution in [0.25, 0.3) is 0 Å². The zero-order valence-electron chi connectivity index (χ0n) is 10.5. The molecule has 0 unspecified atom stereocenters. The summed E-state index contributed by atoms with van der Waals surface area (Å²) in [7, 11) is 1.54. The smallest absolute Gasteiger partial charge is 0.182 e. The zero-order chi connectivity index (χ0) is 13.2. The summed E-state index contributed by atoms with van der Waals surface area (Å²) in [5.74, 6) is 0.513. The highest BCUT2D eigenvalue weighted by molar-refractivity contribution is 6.32. The normalized spacial score (nSPS) is 18.4. The van der Waals surface area contributed by atoms with Crippen LogP contribution in [-0.2, 0) is 0 Å². The largest absolute Gasteiger partial charge is 0.495 e. The molecule has 0 radical (unpaired) electrons. The Balaban J connectivity index is 2.27. The highest BCUT2D eigenvalue weighted by Gasteiger charge is 2.35. The summed E-state index contributed by atoms with van der Waals surface area (Å²) < 4.78 is 5.13. The average molecular weight is 268 g/mol. The molecule has 1 aliphatic carbocycles. The van der Waals surface area contributed by atoms with Gasteiger partial charge in [-0.1, -0.05) is 30.9 Å². The van der Waals surface area contributed by atoms with Crippen LogP contribution >= 0.6 is 11.6 Å². The molecular formula is C14H18ClNO2. The molecule has 1 saturated carbocycles. The lowest BCUT2D eigenvalue weighted by Crippen LogP contribution is -2.49. The van der Waals surface area contributed by atoms with Crippen molar-refractivity contribution in [2.45, 2.75) is 37.6 Å². The summed E-state index contributed by atoms with van der Waals surface area (Å²) in [6, 6.07) is 5.07.